The zero-order valence-corrected chi connectivity index (χ0v) is 42.4. The van der Waals surface area contributed by atoms with E-state index in [0.29, 0.717) is 0 Å². The predicted octanol–water partition coefficient (Wildman–Crippen LogP) is 21.4. The second-order valence-corrected chi connectivity index (χ2v) is 21.5. The second kappa shape index (κ2) is 46.8. The van der Waals surface area contributed by atoms with Gasteiger partial charge in [-0.05, 0) is 67.1 Å². The minimum Gasteiger partial charge on any atom is -0.125 e. The van der Waals surface area contributed by atoms with Crippen LogP contribution in [0.2, 0.25) is 0 Å². The molecule has 0 aliphatic carbocycles. The zero-order chi connectivity index (χ0) is 41.7. The van der Waals surface area contributed by atoms with Crippen LogP contribution in [-0.4, -0.2) is 17.3 Å². The van der Waals surface area contributed by atoms with E-state index in [1.807, 2.05) is 0 Å². The van der Waals surface area contributed by atoms with Gasteiger partial charge in [0.1, 0.15) is 0 Å². The minimum atomic E-state index is 1.04. The number of benzene rings is 1. The van der Waals surface area contributed by atoms with Crippen LogP contribution in [0.3, 0.4) is 0 Å². The van der Waals surface area contributed by atoms with Gasteiger partial charge >= 0.3 is 0 Å². The standard InChI is InChI=1S/C55H103S3/c1-5-9-13-16-19-22-25-28-31-34-37-40-43-47-56-53-50-52(46-12-8-4)51-54(57-48-44-41-38-35-32-29-26-23-20-17-14-10-6-2)55(53)58-49-45-42-39-36-33-30-27-24-21-18-15-11-7-3/h50-51H,4-49H2,1-3H3. The van der Waals surface area contributed by atoms with Crippen LogP contribution in [0.4, 0.5) is 0 Å². The summed E-state index contributed by atoms with van der Waals surface area (Å²) >= 11 is 6.59. The lowest BCUT2D eigenvalue weighted by Crippen LogP contribution is -1.95. The van der Waals surface area contributed by atoms with Crippen LogP contribution in [0.5, 0.6) is 0 Å². The molecule has 0 N–H and O–H groups in total. The molecule has 0 fully saturated rings. The molecule has 0 saturated heterocycles. The molecule has 0 heterocycles. The van der Waals surface area contributed by atoms with Crippen molar-refractivity contribution in [3.8, 4) is 0 Å². The highest BCUT2D eigenvalue weighted by atomic mass is 32.2. The molecule has 0 bridgehead atoms. The molecular weight excluding hydrogens is 757 g/mol. The summed E-state index contributed by atoms with van der Waals surface area (Å²) in [6, 6.07) is 5.20. The van der Waals surface area contributed by atoms with Gasteiger partial charge < -0.3 is 0 Å². The van der Waals surface area contributed by atoms with E-state index in [-0.39, 0.29) is 0 Å². The van der Waals surface area contributed by atoms with E-state index in [9.17, 15) is 0 Å². The summed E-state index contributed by atoms with van der Waals surface area (Å²) in [6.45, 7) is 11.1. The van der Waals surface area contributed by atoms with Gasteiger partial charge in [0.05, 0.1) is 0 Å². The SMILES string of the molecule is [CH2]CCCc1cc(SCCCCCCCCCCCCCCC)c(SCCCCCCCCCCCCCCC)c(SCCCCCCCCCCCCCCC)c1. The molecule has 1 aromatic carbocycles. The summed E-state index contributed by atoms with van der Waals surface area (Å²) in [4.78, 5) is 4.85. The number of unbranched alkanes of at least 4 members (excludes halogenated alkanes) is 37. The van der Waals surface area contributed by atoms with Crippen molar-refractivity contribution in [3.05, 3.63) is 24.6 Å². The fraction of sp³-hybridized carbons (Fsp3) is 0.873. The van der Waals surface area contributed by atoms with Crippen molar-refractivity contribution in [1.82, 2.24) is 0 Å². The van der Waals surface area contributed by atoms with E-state index < -0.39 is 0 Å². The monoisotopic (exact) mass is 860 g/mol. The van der Waals surface area contributed by atoms with Gasteiger partial charge in [0.25, 0.3) is 0 Å². The molecule has 0 aliphatic heterocycles. The first kappa shape index (κ1) is 56.3. The quantitative estimate of drug-likeness (QED) is 0.0473. The first-order valence-electron chi connectivity index (χ1n) is 26.6. The molecule has 341 valence electrons. The molecule has 0 atom stereocenters. The summed E-state index contributed by atoms with van der Waals surface area (Å²) in [5.41, 5.74) is 1.56. The molecule has 0 saturated carbocycles. The topological polar surface area (TPSA) is 0 Å². The van der Waals surface area contributed by atoms with Crippen molar-refractivity contribution in [3.63, 3.8) is 0 Å². The van der Waals surface area contributed by atoms with Gasteiger partial charge in [0.2, 0.25) is 0 Å². The summed E-state index contributed by atoms with van der Waals surface area (Å²) in [5.74, 6) is 3.85. The zero-order valence-electron chi connectivity index (χ0n) is 39.9. The number of hydrogen-bond donors (Lipinski definition) is 0. The first-order chi connectivity index (χ1) is 28.8. The maximum absolute atomic E-state index is 4.19. The molecule has 3 heteroatoms. The Labute approximate surface area is 380 Å². The van der Waals surface area contributed by atoms with Crippen LogP contribution >= 0.6 is 35.3 Å². The third kappa shape index (κ3) is 36.9. The van der Waals surface area contributed by atoms with Crippen molar-refractivity contribution in [2.75, 3.05) is 17.3 Å². The van der Waals surface area contributed by atoms with Crippen LogP contribution in [-0.2, 0) is 6.42 Å². The predicted molar refractivity (Wildman–Crippen MR) is 274 cm³/mol. The number of rotatable bonds is 48. The van der Waals surface area contributed by atoms with E-state index in [2.05, 4.69) is 75.1 Å². The largest absolute Gasteiger partial charge is 0.125 e. The fourth-order valence-corrected chi connectivity index (χ4v) is 12.2. The van der Waals surface area contributed by atoms with Crippen molar-refractivity contribution >= 4 is 35.3 Å². The molecule has 1 aromatic rings. The lowest BCUT2D eigenvalue weighted by Gasteiger charge is -2.17. The van der Waals surface area contributed by atoms with Gasteiger partial charge in [-0.15, -0.1) is 35.3 Å². The Hall–Kier alpha value is 0.270. The molecule has 0 nitrogen and oxygen atoms in total. The molecular formula is C55H103S3. The molecule has 1 radical (unpaired) electrons. The lowest BCUT2D eigenvalue weighted by atomic mass is 10.1. The summed E-state index contributed by atoms with van der Waals surface area (Å²) in [5, 5.41) is 0. The van der Waals surface area contributed by atoms with Crippen LogP contribution in [0, 0.1) is 6.92 Å². The van der Waals surface area contributed by atoms with Crippen LogP contribution in [0.1, 0.15) is 290 Å². The van der Waals surface area contributed by atoms with Crippen LogP contribution in [0.25, 0.3) is 0 Å². The van der Waals surface area contributed by atoms with Crippen molar-refractivity contribution in [2.24, 2.45) is 0 Å². The smallest absolute Gasteiger partial charge is 0.0344 e. The Balaban J connectivity index is 2.56. The summed E-state index contributed by atoms with van der Waals surface area (Å²) in [7, 11) is 0. The van der Waals surface area contributed by atoms with Crippen molar-refractivity contribution < 1.29 is 0 Å². The first-order valence-corrected chi connectivity index (χ1v) is 29.6. The average Bonchev–Trinajstić information content (AvgIpc) is 3.23. The maximum atomic E-state index is 4.19. The number of thioether (sulfide) groups is 3. The van der Waals surface area contributed by atoms with E-state index in [1.165, 1.54) is 281 Å². The molecule has 58 heavy (non-hydrogen) atoms. The van der Waals surface area contributed by atoms with Gasteiger partial charge in [-0.3, -0.25) is 0 Å². The molecule has 0 aromatic heterocycles. The average molecular weight is 861 g/mol. The van der Waals surface area contributed by atoms with E-state index in [1.54, 1.807) is 20.2 Å². The molecule has 0 spiro atoms. The van der Waals surface area contributed by atoms with Gasteiger partial charge in [0, 0.05) is 14.7 Å². The van der Waals surface area contributed by atoms with Gasteiger partial charge in [-0.1, -0.05) is 265 Å². The highest BCUT2D eigenvalue weighted by Crippen LogP contribution is 2.41. The summed E-state index contributed by atoms with van der Waals surface area (Å²) < 4.78 is 0. The summed E-state index contributed by atoms with van der Waals surface area (Å²) in [6.07, 6.45) is 59.5. The van der Waals surface area contributed by atoms with Crippen molar-refractivity contribution in [2.45, 2.75) is 305 Å². The van der Waals surface area contributed by atoms with E-state index in [4.69, 9.17) is 0 Å². The van der Waals surface area contributed by atoms with E-state index in [0.717, 1.165) is 6.42 Å². The highest BCUT2D eigenvalue weighted by molar-refractivity contribution is 8.03. The van der Waals surface area contributed by atoms with Crippen LogP contribution < -0.4 is 0 Å². The maximum Gasteiger partial charge on any atom is 0.0344 e. The Morgan fingerprint density at radius 1 is 0.310 bits per heavy atom. The number of hydrogen-bond acceptors (Lipinski definition) is 3. The second-order valence-electron chi connectivity index (χ2n) is 18.2. The molecule has 0 aliphatic rings. The minimum absolute atomic E-state index is 1.04. The Morgan fingerprint density at radius 3 is 0.810 bits per heavy atom. The van der Waals surface area contributed by atoms with E-state index >= 15 is 0 Å². The Morgan fingerprint density at radius 2 is 0.552 bits per heavy atom. The van der Waals surface area contributed by atoms with Crippen LogP contribution in [0.15, 0.2) is 26.8 Å². The fourth-order valence-electron chi connectivity index (χ4n) is 8.36. The van der Waals surface area contributed by atoms with Gasteiger partial charge in [-0.25, -0.2) is 0 Å². The van der Waals surface area contributed by atoms with Gasteiger partial charge in [0.15, 0.2) is 0 Å². The third-order valence-electron chi connectivity index (χ3n) is 12.3. The third-order valence-corrected chi connectivity index (χ3v) is 16.0. The Bertz CT molecular complexity index is 890. The Kier molecular flexibility index (Phi) is 45.4. The molecule has 0 amide bonds. The lowest BCUT2D eigenvalue weighted by molar-refractivity contribution is 0.543. The number of aryl methyl sites for hydroxylation is 1. The molecule has 0 unspecified atom stereocenters. The normalized spacial score (nSPS) is 11.7. The van der Waals surface area contributed by atoms with Crippen molar-refractivity contribution in [1.29, 1.82) is 0 Å². The highest BCUT2D eigenvalue weighted by Gasteiger charge is 2.14. The molecule has 1 rings (SSSR count). The van der Waals surface area contributed by atoms with Gasteiger partial charge in [-0.2, -0.15) is 0 Å².